The minimum Gasteiger partial charge on any atom is -0.464 e. The molecule has 168 valence electrons. The van der Waals surface area contributed by atoms with Crippen LogP contribution in [0.15, 0.2) is 30.3 Å². The summed E-state index contributed by atoms with van der Waals surface area (Å²) in [7, 11) is 0. The Kier molecular flexibility index (Phi) is 7.16. The maximum Gasteiger partial charge on any atom is 0.337 e. The molecule has 0 saturated carbocycles. The van der Waals surface area contributed by atoms with Gasteiger partial charge in [-0.15, -0.1) is 0 Å². The molecule has 2 aliphatic heterocycles. The highest BCUT2D eigenvalue weighted by Crippen LogP contribution is 2.38. The second-order valence-corrected chi connectivity index (χ2v) is 8.39. The van der Waals surface area contributed by atoms with E-state index in [1.54, 1.807) is 20.8 Å². The minimum atomic E-state index is -1.55. The SMILES string of the molecule is CCOC(=O)[C@H](O)[C@@H](OCc1ccccc1)[C@H]1OC(C)(C)O[C@@H]1[C@H]1COC(C)(C)O1. The van der Waals surface area contributed by atoms with Gasteiger partial charge in [-0.2, -0.15) is 0 Å². The van der Waals surface area contributed by atoms with Crippen LogP contribution in [0.3, 0.4) is 0 Å². The van der Waals surface area contributed by atoms with E-state index in [0.717, 1.165) is 5.56 Å². The summed E-state index contributed by atoms with van der Waals surface area (Å²) in [5.74, 6) is -2.48. The number of carbonyl (C=O) groups excluding carboxylic acids is 1. The van der Waals surface area contributed by atoms with E-state index in [-0.39, 0.29) is 13.2 Å². The summed E-state index contributed by atoms with van der Waals surface area (Å²) in [6.45, 7) is 9.48. The lowest BCUT2D eigenvalue weighted by atomic mass is 9.99. The van der Waals surface area contributed by atoms with E-state index in [1.165, 1.54) is 0 Å². The van der Waals surface area contributed by atoms with E-state index in [4.69, 9.17) is 28.4 Å². The molecule has 1 aromatic rings. The van der Waals surface area contributed by atoms with Crippen LogP contribution in [0.5, 0.6) is 0 Å². The molecule has 30 heavy (non-hydrogen) atoms. The number of ether oxygens (including phenoxy) is 6. The Labute approximate surface area is 177 Å². The fraction of sp³-hybridized carbons (Fsp3) is 0.682. The average molecular weight is 424 g/mol. The van der Waals surface area contributed by atoms with Crippen LogP contribution in [0.1, 0.15) is 40.2 Å². The van der Waals surface area contributed by atoms with Crippen molar-refractivity contribution in [3.05, 3.63) is 35.9 Å². The van der Waals surface area contributed by atoms with Gasteiger partial charge in [0.1, 0.15) is 24.4 Å². The largest absolute Gasteiger partial charge is 0.464 e. The van der Waals surface area contributed by atoms with Gasteiger partial charge in [0.15, 0.2) is 17.7 Å². The molecule has 2 fully saturated rings. The zero-order valence-corrected chi connectivity index (χ0v) is 18.2. The van der Waals surface area contributed by atoms with Crippen LogP contribution in [-0.4, -0.2) is 66.4 Å². The predicted molar refractivity (Wildman–Crippen MR) is 106 cm³/mol. The molecule has 0 spiro atoms. The molecule has 8 nitrogen and oxygen atoms in total. The van der Waals surface area contributed by atoms with Crippen LogP contribution >= 0.6 is 0 Å². The highest BCUT2D eigenvalue weighted by molar-refractivity contribution is 5.75. The van der Waals surface area contributed by atoms with Crippen LogP contribution in [0.2, 0.25) is 0 Å². The molecular weight excluding hydrogens is 392 g/mol. The van der Waals surface area contributed by atoms with Gasteiger partial charge < -0.3 is 33.5 Å². The molecule has 0 aliphatic carbocycles. The van der Waals surface area contributed by atoms with E-state index in [0.29, 0.717) is 6.61 Å². The van der Waals surface area contributed by atoms with Gasteiger partial charge in [0.25, 0.3) is 0 Å². The molecule has 3 rings (SSSR count). The van der Waals surface area contributed by atoms with Gasteiger partial charge in [0, 0.05) is 0 Å². The van der Waals surface area contributed by atoms with E-state index in [1.807, 2.05) is 44.2 Å². The smallest absolute Gasteiger partial charge is 0.337 e. The van der Waals surface area contributed by atoms with Crippen LogP contribution in [0, 0.1) is 0 Å². The lowest BCUT2D eigenvalue weighted by Crippen LogP contribution is -2.52. The van der Waals surface area contributed by atoms with Gasteiger partial charge in [0.05, 0.1) is 19.8 Å². The van der Waals surface area contributed by atoms with Crippen molar-refractivity contribution < 1.29 is 38.3 Å². The average Bonchev–Trinajstić information content (AvgIpc) is 3.21. The van der Waals surface area contributed by atoms with Crippen molar-refractivity contribution in [3.63, 3.8) is 0 Å². The van der Waals surface area contributed by atoms with E-state index < -0.39 is 48.1 Å². The molecule has 1 aromatic carbocycles. The topological polar surface area (TPSA) is 92.7 Å². The Balaban J connectivity index is 1.83. The molecule has 0 unspecified atom stereocenters. The van der Waals surface area contributed by atoms with Crippen LogP contribution < -0.4 is 0 Å². The molecule has 8 heteroatoms. The number of benzene rings is 1. The summed E-state index contributed by atoms with van der Waals surface area (Å²) < 4.78 is 34.9. The summed E-state index contributed by atoms with van der Waals surface area (Å²) in [4.78, 5) is 12.3. The summed E-state index contributed by atoms with van der Waals surface area (Å²) in [6.07, 6.45) is -4.39. The Bertz CT molecular complexity index is 704. The van der Waals surface area contributed by atoms with Crippen LogP contribution in [0.25, 0.3) is 0 Å². The van der Waals surface area contributed by atoms with Gasteiger partial charge >= 0.3 is 5.97 Å². The molecule has 1 N–H and O–H groups in total. The molecule has 0 bridgehead atoms. The third-order valence-electron chi connectivity index (χ3n) is 5.01. The molecule has 0 radical (unpaired) electrons. The highest BCUT2D eigenvalue weighted by atomic mass is 16.8. The van der Waals surface area contributed by atoms with Crippen molar-refractivity contribution in [1.82, 2.24) is 0 Å². The number of hydrogen-bond donors (Lipinski definition) is 1. The maximum atomic E-state index is 12.3. The lowest BCUT2D eigenvalue weighted by Gasteiger charge is -2.31. The normalized spacial score (nSPS) is 29.5. The van der Waals surface area contributed by atoms with Crippen LogP contribution in [-0.2, 0) is 39.8 Å². The number of aliphatic hydroxyl groups is 1. The Morgan fingerprint density at radius 1 is 1.13 bits per heavy atom. The second-order valence-electron chi connectivity index (χ2n) is 8.39. The molecular formula is C22H32O8. The summed E-state index contributed by atoms with van der Waals surface area (Å²) in [5, 5.41) is 10.8. The molecule has 2 saturated heterocycles. The minimum absolute atomic E-state index is 0.145. The van der Waals surface area contributed by atoms with Crippen molar-refractivity contribution in [1.29, 1.82) is 0 Å². The Morgan fingerprint density at radius 3 is 2.43 bits per heavy atom. The zero-order chi connectivity index (χ0) is 21.9. The van der Waals surface area contributed by atoms with Crippen molar-refractivity contribution in [2.75, 3.05) is 13.2 Å². The number of hydrogen-bond acceptors (Lipinski definition) is 8. The number of rotatable bonds is 8. The third kappa shape index (κ3) is 5.57. The molecule has 0 aromatic heterocycles. The van der Waals surface area contributed by atoms with Gasteiger partial charge in [-0.05, 0) is 40.2 Å². The van der Waals surface area contributed by atoms with Crippen molar-refractivity contribution >= 4 is 5.97 Å². The standard InChI is InChI=1S/C22H32O8/c1-6-25-20(24)16(23)18(26-12-14-10-8-7-9-11-14)19-17(29-22(4,5)30-19)15-13-27-21(2,3)28-15/h7-11,15-19,23H,6,12-13H2,1-5H3/t15-,16-,17-,18-,19+/m1/s1. The first kappa shape index (κ1) is 23.1. The van der Waals surface area contributed by atoms with Crippen LogP contribution in [0.4, 0.5) is 0 Å². The molecule has 2 aliphatic rings. The monoisotopic (exact) mass is 424 g/mol. The lowest BCUT2D eigenvalue weighted by molar-refractivity contribution is -0.186. The number of aliphatic hydroxyl groups excluding tert-OH is 1. The maximum absolute atomic E-state index is 12.3. The summed E-state index contributed by atoms with van der Waals surface area (Å²) in [5.41, 5.74) is 0.898. The summed E-state index contributed by atoms with van der Waals surface area (Å²) in [6, 6.07) is 9.49. The Hall–Kier alpha value is -1.55. The summed E-state index contributed by atoms with van der Waals surface area (Å²) >= 11 is 0. The molecule has 0 amide bonds. The first-order valence-corrected chi connectivity index (χ1v) is 10.3. The second kappa shape index (κ2) is 9.30. The highest BCUT2D eigenvalue weighted by Gasteiger charge is 2.54. The van der Waals surface area contributed by atoms with Gasteiger partial charge in [-0.3, -0.25) is 0 Å². The van der Waals surface area contributed by atoms with Crippen molar-refractivity contribution in [2.24, 2.45) is 0 Å². The third-order valence-corrected chi connectivity index (χ3v) is 5.01. The van der Waals surface area contributed by atoms with Gasteiger partial charge in [-0.1, -0.05) is 30.3 Å². The fourth-order valence-corrected chi connectivity index (χ4v) is 3.73. The Morgan fingerprint density at radius 2 is 1.83 bits per heavy atom. The van der Waals surface area contributed by atoms with E-state index in [2.05, 4.69) is 0 Å². The van der Waals surface area contributed by atoms with Crippen molar-refractivity contribution in [3.8, 4) is 0 Å². The van der Waals surface area contributed by atoms with E-state index in [9.17, 15) is 9.90 Å². The number of carbonyl (C=O) groups is 1. The quantitative estimate of drug-likeness (QED) is 0.635. The first-order valence-electron chi connectivity index (χ1n) is 10.3. The zero-order valence-electron chi connectivity index (χ0n) is 18.2. The molecule has 2 heterocycles. The van der Waals surface area contributed by atoms with Gasteiger partial charge in [-0.25, -0.2) is 4.79 Å². The van der Waals surface area contributed by atoms with Crippen molar-refractivity contribution in [2.45, 2.75) is 83.3 Å². The number of esters is 1. The molecule has 5 atom stereocenters. The fourth-order valence-electron chi connectivity index (χ4n) is 3.73. The van der Waals surface area contributed by atoms with Gasteiger partial charge in [0.2, 0.25) is 0 Å². The first-order chi connectivity index (χ1) is 14.1. The van der Waals surface area contributed by atoms with E-state index >= 15 is 0 Å². The predicted octanol–water partition coefficient (Wildman–Crippen LogP) is 2.17.